The van der Waals surface area contributed by atoms with Crippen LogP contribution >= 0.6 is 0 Å². The number of rotatable bonds is 6. The summed E-state index contributed by atoms with van der Waals surface area (Å²) >= 11 is 0. The molecule has 0 N–H and O–H groups in total. The standard InChI is InChI=1S/C21H26N6O2/c1-25(2)11-12-27-20-19(22-8-9-23-20)18(24-27)16-7-10-26(14-16)21(28)15-5-4-6-17(13-15)29-3/h4-6,8-9,13,16H,7,10-12,14H2,1-3H3/t16-/m0/s1. The Morgan fingerprint density at radius 1 is 1.28 bits per heavy atom. The molecule has 29 heavy (non-hydrogen) atoms. The molecule has 1 aromatic carbocycles. The quantitative estimate of drug-likeness (QED) is 0.637. The molecule has 3 aromatic rings. The molecular weight excluding hydrogens is 368 g/mol. The van der Waals surface area contributed by atoms with Crippen molar-refractivity contribution in [1.29, 1.82) is 0 Å². The van der Waals surface area contributed by atoms with Crippen molar-refractivity contribution < 1.29 is 9.53 Å². The number of aromatic nitrogens is 4. The van der Waals surface area contributed by atoms with Gasteiger partial charge in [0.05, 0.1) is 19.3 Å². The molecule has 0 aliphatic carbocycles. The Bertz CT molecular complexity index is 1020. The molecule has 152 valence electrons. The van der Waals surface area contributed by atoms with Crippen molar-refractivity contribution in [2.24, 2.45) is 0 Å². The van der Waals surface area contributed by atoms with Gasteiger partial charge in [0.15, 0.2) is 5.65 Å². The minimum Gasteiger partial charge on any atom is -0.497 e. The summed E-state index contributed by atoms with van der Waals surface area (Å²) in [6.45, 7) is 2.96. The largest absolute Gasteiger partial charge is 0.497 e. The lowest BCUT2D eigenvalue weighted by molar-refractivity contribution is 0.0790. The Kier molecular flexibility index (Phi) is 5.44. The molecule has 1 atom stereocenters. The first-order valence-electron chi connectivity index (χ1n) is 9.82. The van der Waals surface area contributed by atoms with Gasteiger partial charge in [-0.2, -0.15) is 5.10 Å². The summed E-state index contributed by atoms with van der Waals surface area (Å²) in [5, 5.41) is 4.84. The maximum atomic E-state index is 12.9. The molecule has 3 heterocycles. The van der Waals surface area contributed by atoms with Crippen LogP contribution in [0.25, 0.3) is 11.2 Å². The molecule has 4 rings (SSSR count). The zero-order valence-corrected chi connectivity index (χ0v) is 17.1. The van der Waals surface area contributed by atoms with Crippen LogP contribution in [-0.4, -0.2) is 76.3 Å². The third-order valence-electron chi connectivity index (χ3n) is 5.33. The van der Waals surface area contributed by atoms with Gasteiger partial charge in [-0.05, 0) is 38.7 Å². The van der Waals surface area contributed by atoms with E-state index in [1.807, 2.05) is 41.9 Å². The van der Waals surface area contributed by atoms with Gasteiger partial charge in [0, 0.05) is 43.5 Å². The molecule has 2 aromatic heterocycles. The van der Waals surface area contributed by atoms with E-state index in [2.05, 4.69) is 14.9 Å². The average Bonchev–Trinajstić information content (AvgIpc) is 3.37. The predicted octanol–water partition coefficient (Wildman–Crippen LogP) is 2.03. The van der Waals surface area contributed by atoms with E-state index in [0.717, 1.165) is 36.4 Å². The van der Waals surface area contributed by atoms with Crippen LogP contribution in [0.2, 0.25) is 0 Å². The molecule has 1 aliphatic heterocycles. The van der Waals surface area contributed by atoms with Gasteiger partial charge in [-0.3, -0.25) is 4.79 Å². The van der Waals surface area contributed by atoms with Crippen LogP contribution in [0.5, 0.6) is 5.75 Å². The monoisotopic (exact) mass is 394 g/mol. The number of ether oxygens (including phenoxy) is 1. The SMILES string of the molecule is COc1cccc(C(=O)N2CC[C@H](c3nn(CCN(C)C)c4nccnc34)C2)c1. The Hall–Kier alpha value is -3.00. The second-order valence-electron chi connectivity index (χ2n) is 7.61. The normalized spacial score (nSPS) is 16.7. The predicted molar refractivity (Wildman–Crippen MR) is 110 cm³/mol. The summed E-state index contributed by atoms with van der Waals surface area (Å²) in [4.78, 5) is 26.0. The van der Waals surface area contributed by atoms with E-state index in [1.165, 1.54) is 0 Å². The fourth-order valence-electron chi connectivity index (χ4n) is 3.76. The van der Waals surface area contributed by atoms with E-state index >= 15 is 0 Å². The van der Waals surface area contributed by atoms with E-state index in [0.29, 0.717) is 24.4 Å². The maximum Gasteiger partial charge on any atom is 0.254 e. The first kappa shape index (κ1) is 19.3. The van der Waals surface area contributed by atoms with Crippen molar-refractivity contribution in [2.45, 2.75) is 18.9 Å². The van der Waals surface area contributed by atoms with Crippen LogP contribution in [-0.2, 0) is 6.54 Å². The molecule has 8 heteroatoms. The second kappa shape index (κ2) is 8.16. The van der Waals surface area contributed by atoms with Gasteiger partial charge in [-0.15, -0.1) is 0 Å². The van der Waals surface area contributed by atoms with E-state index < -0.39 is 0 Å². The van der Waals surface area contributed by atoms with Crippen LogP contribution in [0.4, 0.5) is 0 Å². The third kappa shape index (κ3) is 3.93. The van der Waals surface area contributed by atoms with E-state index in [4.69, 9.17) is 9.84 Å². The zero-order chi connectivity index (χ0) is 20.4. The molecule has 8 nitrogen and oxygen atoms in total. The Morgan fingerprint density at radius 2 is 2.10 bits per heavy atom. The van der Waals surface area contributed by atoms with Crippen molar-refractivity contribution >= 4 is 17.1 Å². The smallest absolute Gasteiger partial charge is 0.254 e. The fourth-order valence-corrected chi connectivity index (χ4v) is 3.76. The number of likely N-dealkylation sites (N-methyl/N-ethyl adjacent to an activating group) is 1. The summed E-state index contributed by atoms with van der Waals surface area (Å²) in [7, 11) is 5.68. The second-order valence-corrected chi connectivity index (χ2v) is 7.61. The van der Waals surface area contributed by atoms with Crippen molar-refractivity contribution in [2.75, 3.05) is 40.8 Å². The molecule has 0 unspecified atom stereocenters. The summed E-state index contributed by atoms with van der Waals surface area (Å²) in [6.07, 6.45) is 4.28. The molecule has 0 saturated carbocycles. The minimum atomic E-state index is 0.0221. The fraction of sp³-hybridized carbons (Fsp3) is 0.429. The van der Waals surface area contributed by atoms with Crippen LogP contribution in [0, 0.1) is 0 Å². The molecule has 1 aliphatic rings. The van der Waals surface area contributed by atoms with Gasteiger partial charge < -0.3 is 14.5 Å². The minimum absolute atomic E-state index is 0.0221. The van der Waals surface area contributed by atoms with Crippen molar-refractivity contribution in [3.8, 4) is 5.75 Å². The number of likely N-dealkylation sites (tertiary alicyclic amines) is 1. The molecule has 1 amide bonds. The highest BCUT2D eigenvalue weighted by Gasteiger charge is 2.32. The van der Waals surface area contributed by atoms with Gasteiger partial charge in [0.2, 0.25) is 0 Å². The van der Waals surface area contributed by atoms with Crippen LogP contribution in [0.3, 0.4) is 0 Å². The number of carbonyl (C=O) groups excluding carboxylic acids is 1. The van der Waals surface area contributed by atoms with Gasteiger partial charge in [-0.25, -0.2) is 14.6 Å². The molecular formula is C21H26N6O2. The number of methoxy groups -OCH3 is 1. The maximum absolute atomic E-state index is 12.9. The van der Waals surface area contributed by atoms with E-state index in [-0.39, 0.29) is 11.8 Å². The number of amides is 1. The molecule has 0 bridgehead atoms. The number of fused-ring (bicyclic) bond motifs is 1. The molecule has 1 saturated heterocycles. The number of nitrogens with zero attached hydrogens (tertiary/aromatic N) is 6. The highest BCUT2D eigenvalue weighted by atomic mass is 16.5. The summed E-state index contributed by atoms with van der Waals surface area (Å²) in [6, 6.07) is 7.30. The van der Waals surface area contributed by atoms with Gasteiger partial charge >= 0.3 is 0 Å². The van der Waals surface area contributed by atoms with E-state index in [1.54, 1.807) is 25.6 Å². The third-order valence-corrected chi connectivity index (χ3v) is 5.33. The zero-order valence-electron chi connectivity index (χ0n) is 17.1. The lowest BCUT2D eigenvalue weighted by Crippen LogP contribution is -2.28. The van der Waals surface area contributed by atoms with Crippen LogP contribution in [0.1, 0.15) is 28.4 Å². The topological polar surface area (TPSA) is 76.4 Å². The lowest BCUT2D eigenvalue weighted by Gasteiger charge is -2.16. The van der Waals surface area contributed by atoms with Crippen molar-refractivity contribution in [1.82, 2.24) is 29.5 Å². The molecule has 1 fully saturated rings. The molecule has 0 radical (unpaired) electrons. The molecule has 0 spiro atoms. The number of hydrogen-bond donors (Lipinski definition) is 0. The first-order valence-corrected chi connectivity index (χ1v) is 9.82. The Morgan fingerprint density at radius 3 is 2.90 bits per heavy atom. The average molecular weight is 394 g/mol. The number of benzene rings is 1. The van der Waals surface area contributed by atoms with Gasteiger partial charge in [-0.1, -0.05) is 6.07 Å². The van der Waals surface area contributed by atoms with Gasteiger partial charge in [0.1, 0.15) is 11.3 Å². The lowest BCUT2D eigenvalue weighted by atomic mass is 10.0. The summed E-state index contributed by atoms with van der Waals surface area (Å²) in [5.41, 5.74) is 3.23. The number of carbonyl (C=O) groups is 1. The highest BCUT2D eigenvalue weighted by Crippen LogP contribution is 2.31. The summed E-state index contributed by atoms with van der Waals surface area (Å²) < 4.78 is 7.18. The van der Waals surface area contributed by atoms with Crippen LogP contribution < -0.4 is 4.74 Å². The Labute approximate surface area is 170 Å². The summed E-state index contributed by atoms with van der Waals surface area (Å²) in [5.74, 6) is 0.866. The van der Waals surface area contributed by atoms with Gasteiger partial charge in [0.25, 0.3) is 5.91 Å². The van der Waals surface area contributed by atoms with E-state index in [9.17, 15) is 4.79 Å². The van der Waals surface area contributed by atoms with Crippen molar-refractivity contribution in [3.05, 3.63) is 47.9 Å². The highest BCUT2D eigenvalue weighted by molar-refractivity contribution is 5.95. The van der Waals surface area contributed by atoms with Crippen LogP contribution in [0.15, 0.2) is 36.7 Å². The number of hydrogen-bond acceptors (Lipinski definition) is 6. The first-order chi connectivity index (χ1) is 14.1. The Balaban J connectivity index is 1.56. The van der Waals surface area contributed by atoms with Crippen molar-refractivity contribution in [3.63, 3.8) is 0 Å².